The number of halogens is 1. The molecular formula is C15H16BrNO2. The lowest BCUT2D eigenvalue weighted by atomic mass is 9.72. The van der Waals surface area contributed by atoms with E-state index in [1.165, 1.54) is 6.21 Å². The van der Waals surface area contributed by atoms with Crippen LogP contribution in [-0.4, -0.2) is 17.8 Å². The summed E-state index contributed by atoms with van der Waals surface area (Å²) in [4.78, 5) is 28.2. The molecule has 1 aromatic carbocycles. The predicted octanol–water partition coefficient (Wildman–Crippen LogP) is 3.73. The van der Waals surface area contributed by atoms with E-state index >= 15 is 0 Å². The summed E-state index contributed by atoms with van der Waals surface area (Å²) in [5.41, 5.74) is 0.532. The van der Waals surface area contributed by atoms with Crippen LogP contribution in [0.2, 0.25) is 0 Å². The van der Waals surface area contributed by atoms with Gasteiger partial charge in [0.15, 0.2) is 0 Å². The Morgan fingerprint density at radius 3 is 2.21 bits per heavy atom. The van der Waals surface area contributed by atoms with Gasteiger partial charge in [0.25, 0.3) is 0 Å². The van der Waals surface area contributed by atoms with Crippen molar-refractivity contribution in [2.45, 2.75) is 26.7 Å². The second-order valence-corrected chi connectivity index (χ2v) is 6.60. The van der Waals surface area contributed by atoms with Crippen molar-refractivity contribution in [3.05, 3.63) is 28.7 Å². The standard InChI is InChI=1S/C15H16BrNO2/c1-15(2)7-13(18)12(14(19)8-15)9-17-11-5-3-10(16)4-6-11/h3-6,9,12H,7-8H2,1-2H3. The van der Waals surface area contributed by atoms with Gasteiger partial charge in [0.2, 0.25) is 0 Å². The quantitative estimate of drug-likeness (QED) is 0.615. The number of Topliss-reactive ketones (excluding diaryl/α,β-unsaturated/α-hetero) is 2. The highest BCUT2D eigenvalue weighted by Crippen LogP contribution is 2.33. The van der Waals surface area contributed by atoms with E-state index in [1.807, 2.05) is 38.1 Å². The topological polar surface area (TPSA) is 46.5 Å². The Labute approximate surface area is 121 Å². The van der Waals surface area contributed by atoms with Crippen LogP contribution in [0.1, 0.15) is 26.7 Å². The van der Waals surface area contributed by atoms with E-state index in [9.17, 15) is 9.59 Å². The van der Waals surface area contributed by atoms with Gasteiger partial charge in [0.05, 0.1) is 5.69 Å². The molecule has 0 atom stereocenters. The summed E-state index contributed by atoms with van der Waals surface area (Å²) in [6.07, 6.45) is 2.37. The highest BCUT2D eigenvalue weighted by Gasteiger charge is 2.38. The van der Waals surface area contributed by atoms with Gasteiger partial charge in [-0.1, -0.05) is 29.8 Å². The molecule has 0 bridgehead atoms. The zero-order chi connectivity index (χ0) is 14.0. The van der Waals surface area contributed by atoms with Crippen molar-refractivity contribution >= 4 is 39.4 Å². The van der Waals surface area contributed by atoms with Gasteiger partial charge in [-0.15, -0.1) is 0 Å². The van der Waals surface area contributed by atoms with E-state index in [0.717, 1.165) is 10.2 Å². The van der Waals surface area contributed by atoms with Gasteiger partial charge in [0, 0.05) is 23.5 Å². The van der Waals surface area contributed by atoms with Crippen molar-refractivity contribution in [1.82, 2.24) is 0 Å². The molecule has 1 aliphatic carbocycles. The molecule has 0 spiro atoms. The summed E-state index contributed by atoms with van der Waals surface area (Å²) < 4.78 is 0.970. The van der Waals surface area contributed by atoms with Crippen molar-refractivity contribution in [2.75, 3.05) is 0 Å². The number of rotatable bonds is 2. The molecule has 2 rings (SSSR count). The Hall–Kier alpha value is -1.29. The highest BCUT2D eigenvalue weighted by molar-refractivity contribution is 9.10. The Morgan fingerprint density at radius 1 is 1.16 bits per heavy atom. The normalized spacial score (nSPS) is 20.2. The van der Waals surface area contributed by atoms with Crippen LogP contribution in [0, 0.1) is 11.3 Å². The number of ketones is 2. The van der Waals surface area contributed by atoms with Gasteiger partial charge in [0.1, 0.15) is 17.5 Å². The van der Waals surface area contributed by atoms with E-state index in [4.69, 9.17) is 0 Å². The van der Waals surface area contributed by atoms with Gasteiger partial charge in [-0.05, 0) is 29.7 Å². The summed E-state index contributed by atoms with van der Waals surface area (Å²) in [7, 11) is 0. The van der Waals surface area contributed by atoms with Crippen molar-refractivity contribution < 1.29 is 9.59 Å². The first kappa shape index (κ1) is 14.1. The van der Waals surface area contributed by atoms with Gasteiger partial charge in [-0.2, -0.15) is 0 Å². The smallest absolute Gasteiger partial charge is 0.149 e. The van der Waals surface area contributed by atoms with Crippen LogP contribution >= 0.6 is 15.9 Å². The van der Waals surface area contributed by atoms with Crippen LogP contribution < -0.4 is 0 Å². The molecule has 0 heterocycles. The molecule has 0 amide bonds. The minimum atomic E-state index is -0.670. The number of carbonyl (C=O) groups is 2. The molecule has 1 aromatic rings. The molecule has 0 radical (unpaired) electrons. The van der Waals surface area contributed by atoms with Crippen LogP contribution in [0.5, 0.6) is 0 Å². The summed E-state index contributed by atoms with van der Waals surface area (Å²) in [5, 5.41) is 0. The van der Waals surface area contributed by atoms with Gasteiger partial charge >= 0.3 is 0 Å². The van der Waals surface area contributed by atoms with Crippen LogP contribution in [0.25, 0.3) is 0 Å². The summed E-state index contributed by atoms with van der Waals surface area (Å²) in [5.74, 6) is -0.721. The molecule has 0 saturated heterocycles. The fourth-order valence-electron chi connectivity index (χ4n) is 2.26. The van der Waals surface area contributed by atoms with E-state index < -0.39 is 5.92 Å². The Balaban J connectivity index is 2.12. The molecule has 100 valence electrons. The van der Waals surface area contributed by atoms with Gasteiger partial charge in [-0.25, -0.2) is 0 Å². The minimum absolute atomic E-state index is 0.0258. The first-order valence-corrected chi connectivity index (χ1v) is 7.02. The first-order chi connectivity index (χ1) is 8.87. The zero-order valence-electron chi connectivity index (χ0n) is 11.0. The minimum Gasteiger partial charge on any atom is -0.298 e. The lowest BCUT2D eigenvalue weighted by molar-refractivity contribution is -0.136. The van der Waals surface area contributed by atoms with Crippen LogP contribution in [0.3, 0.4) is 0 Å². The van der Waals surface area contributed by atoms with E-state index in [1.54, 1.807) is 0 Å². The number of hydrogen-bond acceptors (Lipinski definition) is 3. The van der Waals surface area contributed by atoms with Gasteiger partial charge < -0.3 is 0 Å². The molecular weight excluding hydrogens is 306 g/mol. The van der Waals surface area contributed by atoms with Crippen molar-refractivity contribution in [2.24, 2.45) is 16.3 Å². The third-order valence-electron chi connectivity index (χ3n) is 3.20. The summed E-state index contributed by atoms with van der Waals surface area (Å²) in [6.45, 7) is 3.90. The first-order valence-electron chi connectivity index (χ1n) is 6.23. The molecule has 1 fully saturated rings. The lowest BCUT2D eigenvalue weighted by Gasteiger charge is -2.30. The van der Waals surface area contributed by atoms with Crippen molar-refractivity contribution in [3.8, 4) is 0 Å². The van der Waals surface area contributed by atoms with Gasteiger partial charge in [-0.3, -0.25) is 14.6 Å². The lowest BCUT2D eigenvalue weighted by Crippen LogP contribution is -2.38. The highest BCUT2D eigenvalue weighted by atomic mass is 79.9. The van der Waals surface area contributed by atoms with Crippen LogP contribution in [0.4, 0.5) is 5.69 Å². The molecule has 3 nitrogen and oxygen atoms in total. The predicted molar refractivity (Wildman–Crippen MR) is 78.8 cm³/mol. The SMILES string of the molecule is CC1(C)CC(=O)C(C=Nc2ccc(Br)cc2)C(=O)C1. The molecule has 4 heteroatoms. The number of hydrogen-bond donors (Lipinski definition) is 0. The van der Waals surface area contributed by atoms with Crippen LogP contribution in [0.15, 0.2) is 33.7 Å². The Kier molecular flexibility index (Phi) is 3.99. The Morgan fingerprint density at radius 2 is 1.68 bits per heavy atom. The largest absolute Gasteiger partial charge is 0.298 e. The number of benzene rings is 1. The average molecular weight is 322 g/mol. The average Bonchev–Trinajstić information content (AvgIpc) is 2.29. The number of nitrogens with zero attached hydrogens (tertiary/aromatic N) is 1. The van der Waals surface area contributed by atoms with Crippen molar-refractivity contribution in [1.29, 1.82) is 0 Å². The third kappa shape index (κ3) is 3.60. The second kappa shape index (κ2) is 5.37. The zero-order valence-corrected chi connectivity index (χ0v) is 12.6. The molecule has 0 aliphatic heterocycles. The number of aliphatic imine (C=N–C) groups is 1. The molecule has 0 N–H and O–H groups in total. The monoisotopic (exact) mass is 321 g/mol. The maximum absolute atomic E-state index is 12.0. The maximum Gasteiger partial charge on any atom is 0.149 e. The van der Waals surface area contributed by atoms with E-state index in [0.29, 0.717) is 12.8 Å². The molecule has 1 saturated carbocycles. The Bertz CT molecular complexity index is 512. The molecule has 0 aromatic heterocycles. The summed E-state index contributed by atoms with van der Waals surface area (Å²) in [6, 6.07) is 7.42. The fourth-order valence-corrected chi connectivity index (χ4v) is 2.52. The second-order valence-electron chi connectivity index (χ2n) is 5.68. The maximum atomic E-state index is 12.0. The molecule has 1 aliphatic rings. The van der Waals surface area contributed by atoms with Crippen molar-refractivity contribution in [3.63, 3.8) is 0 Å². The summed E-state index contributed by atoms with van der Waals surface area (Å²) >= 11 is 3.34. The van der Waals surface area contributed by atoms with Crippen LogP contribution in [-0.2, 0) is 9.59 Å². The molecule has 0 unspecified atom stereocenters. The van der Waals surface area contributed by atoms with E-state index in [-0.39, 0.29) is 17.0 Å². The third-order valence-corrected chi connectivity index (χ3v) is 3.73. The fraction of sp³-hybridized carbons (Fsp3) is 0.400. The van der Waals surface area contributed by atoms with E-state index in [2.05, 4.69) is 20.9 Å². The molecule has 19 heavy (non-hydrogen) atoms. The number of carbonyl (C=O) groups excluding carboxylic acids is 2.